The van der Waals surface area contributed by atoms with Gasteiger partial charge in [-0.15, -0.1) is 0 Å². The number of carbonyl (C=O) groups excluding carboxylic acids is 2. The fraction of sp³-hybridized carbons (Fsp3) is 0.500. The Kier molecular flexibility index (Phi) is 5.09. The van der Waals surface area contributed by atoms with Crippen molar-refractivity contribution >= 4 is 17.4 Å². The van der Waals surface area contributed by atoms with Crippen molar-refractivity contribution in [1.29, 1.82) is 0 Å². The molecule has 5 heteroatoms. The van der Waals surface area contributed by atoms with Crippen LogP contribution in [0.1, 0.15) is 30.1 Å². The maximum atomic E-state index is 12.6. The zero-order chi connectivity index (χ0) is 15.3. The number of amides is 1. The number of ether oxygens (including phenoxy) is 1. The Morgan fingerprint density at radius 1 is 1.24 bits per heavy atom. The number of piperidine rings is 1. The van der Waals surface area contributed by atoms with Crippen LogP contribution in [0.3, 0.4) is 0 Å². The lowest BCUT2D eigenvalue weighted by Crippen LogP contribution is -2.47. The fourth-order valence-electron chi connectivity index (χ4n) is 2.67. The van der Waals surface area contributed by atoms with Crippen LogP contribution in [-0.2, 0) is 9.53 Å². The minimum Gasteiger partial charge on any atom is -0.384 e. The molecule has 2 N–H and O–H groups in total. The molecule has 1 aromatic carbocycles. The summed E-state index contributed by atoms with van der Waals surface area (Å²) in [5.74, 6) is 0.00325. The van der Waals surface area contributed by atoms with Crippen molar-refractivity contribution in [3.05, 3.63) is 29.8 Å². The summed E-state index contributed by atoms with van der Waals surface area (Å²) < 4.78 is 5.26. The van der Waals surface area contributed by atoms with Gasteiger partial charge in [-0.25, -0.2) is 0 Å². The summed E-state index contributed by atoms with van der Waals surface area (Å²) >= 11 is 0. The number of hydrogen-bond donors (Lipinski definition) is 2. The molecule has 1 saturated heterocycles. The summed E-state index contributed by atoms with van der Waals surface area (Å²) in [6.07, 6.45) is 1.52. The third-order valence-corrected chi connectivity index (χ3v) is 4.01. The van der Waals surface area contributed by atoms with E-state index >= 15 is 0 Å². The van der Waals surface area contributed by atoms with Gasteiger partial charge in [0.25, 0.3) is 0 Å². The molecule has 5 nitrogen and oxygen atoms in total. The van der Waals surface area contributed by atoms with Gasteiger partial charge in [0, 0.05) is 18.4 Å². The number of ketones is 1. The number of nitrogens with one attached hydrogen (secondary N) is 2. The molecule has 1 aliphatic rings. The molecule has 1 amide bonds. The van der Waals surface area contributed by atoms with Crippen LogP contribution >= 0.6 is 0 Å². The maximum Gasteiger partial charge on any atom is 0.233 e. The molecule has 0 radical (unpaired) electrons. The molecule has 0 aliphatic carbocycles. The smallest absolute Gasteiger partial charge is 0.233 e. The zero-order valence-corrected chi connectivity index (χ0v) is 12.6. The summed E-state index contributed by atoms with van der Waals surface area (Å²) in [5.41, 5.74) is 0.875. The average molecular weight is 290 g/mol. The van der Waals surface area contributed by atoms with Crippen molar-refractivity contribution in [3.63, 3.8) is 0 Å². The van der Waals surface area contributed by atoms with Crippen molar-refractivity contribution in [2.24, 2.45) is 5.41 Å². The first-order valence-corrected chi connectivity index (χ1v) is 7.19. The van der Waals surface area contributed by atoms with Gasteiger partial charge in [0.15, 0.2) is 5.78 Å². The maximum absolute atomic E-state index is 12.6. The van der Waals surface area contributed by atoms with Gasteiger partial charge >= 0.3 is 0 Å². The summed E-state index contributed by atoms with van der Waals surface area (Å²) in [6, 6.07) is 6.97. The molecule has 0 bridgehead atoms. The molecule has 0 unspecified atom stereocenters. The van der Waals surface area contributed by atoms with Gasteiger partial charge < -0.3 is 15.4 Å². The molecule has 1 heterocycles. The quantitative estimate of drug-likeness (QED) is 0.812. The lowest BCUT2D eigenvalue weighted by atomic mass is 9.78. The van der Waals surface area contributed by atoms with Crippen LogP contribution in [0.2, 0.25) is 0 Å². The summed E-state index contributed by atoms with van der Waals surface area (Å²) in [7, 11) is 1.62. The Hall–Kier alpha value is -1.72. The van der Waals surface area contributed by atoms with Crippen LogP contribution in [0, 0.1) is 5.41 Å². The highest BCUT2D eigenvalue weighted by Gasteiger charge is 2.39. The molecule has 21 heavy (non-hydrogen) atoms. The van der Waals surface area contributed by atoms with Gasteiger partial charge in [-0.1, -0.05) is 0 Å². The third kappa shape index (κ3) is 3.68. The van der Waals surface area contributed by atoms with Crippen molar-refractivity contribution < 1.29 is 14.3 Å². The lowest BCUT2D eigenvalue weighted by molar-refractivity contribution is -0.130. The minimum absolute atomic E-state index is 0.0126. The normalized spacial score (nSPS) is 17.2. The van der Waals surface area contributed by atoms with E-state index in [4.69, 9.17) is 4.74 Å². The molecule has 0 atom stereocenters. The van der Waals surface area contributed by atoms with Gasteiger partial charge in [-0.05, 0) is 57.1 Å². The van der Waals surface area contributed by atoms with E-state index in [9.17, 15) is 9.59 Å². The Morgan fingerprint density at radius 2 is 1.86 bits per heavy atom. The summed E-state index contributed by atoms with van der Waals surface area (Å²) in [4.78, 5) is 23.9. The number of methoxy groups -OCH3 is 1. The van der Waals surface area contributed by atoms with Gasteiger partial charge in [0.1, 0.15) is 0 Å². The van der Waals surface area contributed by atoms with E-state index in [0.29, 0.717) is 17.9 Å². The van der Waals surface area contributed by atoms with E-state index < -0.39 is 5.41 Å². The Balaban J connectivity index is 2.09. The van der Waals surface area contributed by atoms with Crippen molar-refractivity contribution in [2.45, 2.75) is 19.8 Å². The standard InChI is InChI=1S/C16H22N2O3/c1-12(19)13-3-5-14(6-4-13)18-15(20)16(11-21-2)7-9-17-10-8-16/h3-6,17H,7-11H2,1-2H3,(H,18,20). The lowest BCUT2D eigenvalue weighted by Gasteiger charge is -2.35. The number of Topliss-reactive ketones (excluding diaryl/α,β-unsaturated/α-hetero) is 1. The number of benzene rings is 1. The molecule has 1 aliphatic heterocycles. The van der Waals surface area contributed by atoms with E-state index in [1.165, 1.54) is 6.92 Å². The van der Waals surface area contributed by atoms with Gasteiger partial charge in [-0.2, -0.15) is 0 Å². The molecule has 1 fully saturated rings. The van der Waals surface area contributed by atoms with Gasteiger partial charge in [0.05, 0.1) is 12.0 Å². The Bertz CT molecular complexity index is 499. The Labute approximate surface area is 125 Å². The zero-order valence-electron chi connectivity index (χ0n) is 12.6. The van der Waals surface area contributed by atoms with Crippen LogP contribution in [0.25, 0.3) is 0 Å². The molecule has 114 valence electrons. The first-order valence-electron chi connectivity index (χ1n) is 7.19. The number of anilines is 1. The van der Waals surface area contributed by atoms with Crippen LogP contribution < -0.4 is 10.6 Å². The Morgan fingerprint density at radius 3 is 2.38 bits per heavy atom. The molecular formula is C16H22N2O3. The topological polar surface area (TPSA) is 67.4 Å². The van der Waals surface area contributed by atoms with Crippen LogP contribution in [0.4, 0.5) is 5.69 Å². The van der Waals surface area contributed by atoms with E-state index in [1.807, 2.05) is 0 Å². The van der Waals surface area contributed by atoms with Crippen LogP contribution in [0.15, 0.2) is 24.3 Å². The highest BCUT2D eigenvalue weighted by molar-refractivity contribution is 5.97. The van der Waals surface area contributed by atoms with E-state index in [1.54, 1.807) is 31.4 Å². The number of rotatable bonds is 5. The van der Waals surface area contributed by atoms with Gasteiger partial charge in [-0.3, -0.25) is 9.59 Å². The molecule has 0 aromatic heterocycles. The van der Waals surface area contributed by atoms with Crippen molar-refractivity contribution in [3.8, 4) is 0 Å². The fourth-order valence-corrected chi connectivity index (χ4v) is 2.67. The largest absolute Gasteiger partial charge is 0.384 e. The minimum atomic E-state index is -0.473. The second kappa shape index (κ2) is 6.83. The second-order valence-electron chi connectivity index (χ2n) is 5.55. The molecule has 0 saturated carbocycles. The van der Waals surface area contributed by atoms with E-state index in [2.05, 4.69) is 10.6 Å². The van der Waals surface area contributed by atoms with Crippen molar-refractivity contribution in [2.75, 3.05) is 32.1 Å². The molecule has 0 spiro atoms. The average Bonchev–Trinajstić information content (AvgIpc) is 2.49. The van der Waals surface area contributed by atoms with E-state index in [0.717, 1.165) is 25.9 Å². The predicted octanol–water partition coefficient (Wildman–Crippen LogP) is 1.84. The monoisotopic (exact) mass is 290 g/mol. The number of carbonyl (C=O) groups is 2. The van der Waals surface area contributed by atoms with E-state index in [-0.39, 0.29) is 11.7 Å². The third-order valence-electron chi connectivity index (χ3n) is 4.01. The van der Waals surface area contributed by atoms with Crippen LogP contribution in [-0.4, -0.2) is 38.5 Å². The van der Waals surface area contributed by atoms with Gasteiger partial charge in [0.2, 0.25) is 5.91 Å². The summed E-state index contributed by atoms with van der Waals surface area (Å²) in [5, 5.41) is 6.21. The highest BCUT2D eigenvalue weighted by Crippen LogP contribution is 2.30. The first kappa shape index (κ1) is 15.7. The summed E-state index contributed by atoms with van der Waals surface area (Å²) in [6.45, 7) is 3.59. The molecule has 1 aromatic rings. The SMILES string of the molecule is COCC1(C(=O)Nc2ccc(C(C)=O)cc2)CCNCC1. The molecule has 2 rings (SSSR count). The molecular weight excluding hydrogens is 268 g/mol. The highest BCUT2D eigenvalue weighted by atomic mass is 16.5. The predicted molar refractivity (Wildman–Crippen MR) is 81.5 cm³/mol. The second-order valence-corrected chi connectivity index (χ2v) is 5.55. The number of hydrogen-bond acceptors (Lipinski definition) is 4. The van der Waals surface area contributed by atoms with Crippen molar-refractivity contribution in [1.82, 2.24) is 5.32 Å². The van der Waals surface area contributed by atoms with Crippen LogP contribution in [0.5, 0.6) is 0 Å². The first-order chi connectivity index (χ1) is 10.1.